The van der Waals surface area contributed by atoms with Crippen LogP contribution in [-0.2, 0) is 6.18 Å². The Morgan fingerprint density at radius 3 is 2.26 bits per heavy atom. The van der Waals surface area contributed by atoms with Gasteiger partial charge in [0.15, 0.2) is 0 Å². The summed E-state index contributed by atoms with van der Waals surface area (Å²) in [4.78, 5) is 7.79. The summed E-state index contributed by atoms with van der Waals surface area (Å²) in [6, 6.07) is 3.11. The van der Waals surface area contributed by atoms with Crippen molar-refractivity contribution in [2.75, 3.05) is 32.1 Å². The number of rotatable bonds is 2. The van der Waals surface area contributed by atoms with E-state index in [0.29, 0.717) is 6.04 Å². The lowest BCUT2D eigenvalue weighted by molar-refractivity contribution is -0.141. The van der Waals surface area contributed by atoms with Gasteiger partial charge in [-0.2, -0.15) is 13.2 Å². The van der Waals surface area contributed by atoms with Gasteiger partial charge in [-0.05, 0) is 39.1 Å². The number of anilines is 1. The van der Waals surface area contributed by atoms with E-state index in [4.69, 9.17) is 0 Å². The Hall–Kier alpha value is -1.30. The largest absolute Gasteiger partial charge is 0.433 e. The lowest BCUT2D eigenvalue weighted by Gasteiger charge is -2.36. The van der Waals surface area contributed by atoms with Crippen LogP contribution in [0, 0.1) is 0 Å². The molecule has 0 aliphatic carbocycles. The second-order valence-corrected chi connectivity index (χ2v) is 5.08. The number of hydrogen-bond donors (Lipinski definition) is 0. The number of pyridine rings is 1. The molecule has 1 aliphatic rings. The first kappa shape index (κ1) is 14.1. The van der Waals surface area contributed by atoms with Crippen molar-refractivity contribution >= 4 is 5.69 Å². The Bertz CT molecular complexity index is 406. The standard InChI is InChI=1S/C13H18F3N3/c1-18(2)10-5-7-19(8-6-10)11-3-4-12(17-9-11)13(14,15)16/h3-4,9-10H,5-8H2,1-2H3. The summed E-state index contributed by atoms with van der Waals surface area (Å²) in [6.45, 7) is 1.71. The Morgan fingerprint density at radius 1 is 1.21 bits per heavy atom. The smallest absolute Gasteiger partial charge is 0.370 e. The molecule has 0 spiro atoms. The lowest BCUT2D eigenvalue weighted by atomic mass is 10.0. The highest BCUT2D eigenvalue weighted by Gasteiger charge is 2.32. The molecule has 106 valence electrons. The minimum atomic E-state index is -4.36. The van der Waals surface area contributed by atoms with Gasteiger partial charge in [-0.3, -0.25) is 0 Å². The number of halogens is 3. The third kappa shape index (κ3) is 3.37. The first-order chi connectivity index (χ1) is 8.88. The molecule has 1 aliphatic heterocycles. The molecule has 0 aromatic carbocycles. The van der Waals surface area contributed by atoms with E-state index in [1.165, 1.54) is 12.3 Å². The van der Waals surface area contributed by atoms with Crippen molar-refractivity contribution in [1.82, 2.24) is 9.88 Å². The van der Waals surface area contributed by atoms with E-state index in [1.54, 1.807) is 0 Å². The van der Waals surface area contributed by atoms with Crippen LogP contribution in [0.15, 0.2) is 18.3 Å². The summed E-state index contributed by atoms with van der Waals surface area (Å²) in [5.41, 5.74) is -0.0652. The second kappa shape index (κ2) is 5.36. The molecule has 0 atom stereocenters. The molecular weight excluding hydrogens is 255 g/mol. The van der Waals surface area contributed by atoms with Crippen LogP contribution >= 0.6 is 0 Å². The second-order valence-electron chi connectivity index (χ2n) is 5.08. The van der Waals surface area contributed by atoms with E-state index in [-0.39, 0.29) is 0 Å². The Balaban J connectivity index is 2.00. The zero-order valence-electron chi connectivity index (χ0n) is 11.1. The van der Waals surface area contributed by atoms with Crippen molar-refractivity contribution in [3.05, 3.63) is 24.0 Å². The quantitative estimate of drug-likeness (QED) is 0.825. The van der Waals surface area contributed by atoms with E-state index < -0.39 is 11.9 Å². The monoisotopic (exact) mass is 273 g/mol. The van der Waals surface area contributed by atoms with Crippen LogP contribution in [0.4, 0.5) is 18.9 Å². The minimum absolute atomic E-state index is 0.554. The lowest BCUT2D eigenvalue weighted by Crippen LogP contribution is -2.42. The Morgan fingerprint density at radius 2 is 1.84 bits per heavy atom. The highest BCUT2D eigenvalue weighted by atomic mass is 19.4. The summed E-state index contributed by atoms with van der Waals surface area (Å²) >= 11 is 0. The summed E-state index contributed by atoms with van der Waals surface area (Å²) < 4.78 is 37.3. The first-order valence-electron chi connectivity index (χ1n) is 6.32. The molecule has 1 aromatic rings. The molecular formula is C13H18F3N3. The van der Waals surface area contributed by atoms with Crippen molar-refractivity contribution in [3.63, 3.8) is 0 Å². The fraction of sp³-hybridized carbons (Fsp3) is 0.615. The van der Waals surface area contributed by atoms with Crippen LogP contribution < -0.4 is 4.90 Å². The Kier molecular flexibility index (Phi) is 3.99. The zero-order valence-corrected chi connectivity index (χ0v) is 11.1. The van der Waals surface area contributed by atoms with Gasteiger partial charge < -0.3 is 9.80 Å². The maximum Gasteiger partial charge on any atom is 0.433 e. The average molecular weight is 273 g/mol. The fourth-order valence-corrected chi connectivity index (χ4v) is 2.38. The third-order valence-electron chi connectivity index (χ3n) is 3.60. The van der Waals surface area contributed by atoms with E-state index in [9.17, 15) is 13.2 Å². The zero-order chi connectivity index (χ0) is 14.0. The maximum absolute atomic E-state index is 12.4. The van der Waals surface area contributed by atoms with Crippen LogP contribution in [0.1, 0.15) is 18.5 Å². The molecule has 1 aromatic heterocycles. The molecule has 0 amide bonds. The summed E-state index contributed by atoms with van der Waals surface area (Å²) in [5, 5.41) is 0. The molecule has 0 bridgehead atoms. The number of piperidine rings is 1. The summed E-state index contributed by atoms with van der Waals surface area (Å²) in [7, 11) is 4.11. The van der Waals surface area contributed by atoms with Crippen molar-refractivity contribution in [1.29, 1.82) is 0 Å². The molecule has 1 fully saturated rings. The van der Waals surface area contributed by atoms with Gasteiger partial charge in [0.2, 0.25) is 0 Å². The van der Waals surface area contributed by atoms with Gasteiger partial charge in [-0.1, -0.05) is 0 Å². The molecule has 6 heteroatoms. The number of aromatic nitrogens is 1. The summed E-state index contributed by atoms with van der Waals surface area (Å²) in [6.07, 6.45) is -1.00. The average Bonchev–Trinajstić information content (AvgIpc) is 2.38. The SMILES string of the molecule is CN(C)C1CCN(c2ccc(C(F)(F)F)nc2)CC1. The predicted molar refractivity (Wildman–Crippen MR) is 68.2 cm³/mol. The van der Waals surface area contributed by atoms with Gasteiger partial charge in [0.05, 0.1) is 11.9 Å². The van der Waals surface area contributed by atoms with Crippen LogP contribution in [0.25, 0.3) is 0 Å². The van der Waals surface area contributed by atoms with Gasteiger partial charge >= 0.3 is 6.18 Å². The van der Waals surface area contributed by atoms with E-state index in [2.05, 4.69) is 28.9 Å². The molecule has 0 unspecified atom stereocenters. The van der Waals surface area contributed by atoms with Crippen LogP contribution in [-0.4, -0.2) is 43.1 Å². The maximum atomic E-state index is 12.4. The fourth-order valence-electron chi connectivity index (χ4n) is 2.38. The van der Waals surface area contributed by atoms with Crippen molar-refractivity contribution < 1.29 is 13.2 Å². The van der Waals surface area contributed by atoms with E-state index >= 15 is 0 Å². The molecule has 19 heavy (non-hydrogen) atoms. The molecule has 2 heterocycles. The van der Waals surface area contributed by atoms with Crippen LogP contribution in [0.3, 0.4) is 0 Å². The number of alkyl halides is 3. The molecule has 0 N–H and O–H groups in total. The number of hydrogen-bond acceptors (Lipinski definition) is 3. The van der Waals surface area contributed by atoms with Crippen molar-refractivity contribution in [3.8, 4) is 0 Å². The highest BCUT2D eigenvalue weighted by molar-refractivity contribution is 5.45. The van der Waals surface area contributed by atoms with Gasteiger partial charge in [-0.15, -0.1) is 0 Å². The van der Waals surface area contributed by atoms with Crippen molar-refractivity contribution in [2.45, 2.75) is 25.1 Å². The van der Waals surface area contributed by atoms with Crippen LogP contribution in [0.5, 0.6) is 0 Å². The number of nitrogens with zero attached hydrogens (tertiary/aromatic N) is 3. The van der Waals surface area contributed by atoms with Gasteiger partial charge in [0.1, 0.15) is 5.69 Å². The topological polar surface area (TPSA) is 19.4 Å². The van der Waals surface area contributed by atoms with Gasteiger partial charge in [-0.25, -0.2) is 4.98 Å². The Labute approximate surface area is 111 Å². The molecule has 0 saturated carbocycles. The van der Waals surface area contributed by atoms with Gasteiger partial charge in [0, 0.05) is 19.1 Å². The first-order valence-corrected chi connectivity index (χ1v) is 6.32. The molecule has 2 rings (SSSR count). The predicted octanol–water partition coefficient (Wildman–Crippen LogP) is 2.63. The highest BCUT2D eigenvalue weighted by Crippen LogP contribution is 2.29. The minimum Gasteiger partial charge on any atom is -0.370 e. The summed E-state index contributed by atoms with van der Waals surface area (Å²) in [5.74, 6) is 0. The molecule has 3 nitrogen and oxygen atoms in total. The van der Waals surface area contributed by atoms with Crippen molar-refractivity contribution in [2.24, 2.45) is 0 Å². The normalized spacial score (nSPS) is 18.1. The van der Waals surface area contributed by atoms with Gasteiger partial charge in [0.25, 0.3) is 0 Å². The third-order valence-corrected chi connectivity index (χ3v) is 3.60. The van der Waals surface area contributed by atoms with Crippen LogP contribution in [0.2, 0.25) is 0 Å². The van der Waals surface area contributed by atoms with E-state index in [0.717, 1.165) is 37.7 Å². The molecule has 1 saturated heterocycles. The molecule has 0 radical (unpaired) electrons. The van der Waals surface area contributed by atoms with E-state index in [1.807, 2.05) is 0 Å².